The molecular formula is C11H10BrF3N6O3. The number of alkyl halides is 3. The summed E-state index contributed by atoms with van der Waals surface area (Å²) in [6.45, 7) is -2.18. The van der Waals surface area contributed by atoms with Crippen molar-refractivity contribution in [3.63, 3.8) is 0 Å². The van der Waals surface area contributed by atoms with Crippen molar-refractivity contribution in [2.24, 2.45) is 7.05 Å². The van der Waals surface area contributed by atoms with Crippen molar-refractivity contribution in [2.45, 2.75) is 12.7 Å². The summed E-state index contributed by atoms with van der Waals surface area (Å²) in [6.07, 6.45) is -3.52. The summed E-state index contributed by atoms with van der Waals surface area (Å²) in [5, 5.41) is 7.25. The van der Waals surface area contributed by atoms with Crippen molar-refractivity contribution in [2.75, 3.05) is 6.54 Å². The molecule has 0 aliphatic rings. The van der Waals surface area contributed by atoms with Gasteiger partial charge in [-0.1, -0.05) is 0 Å². The number of carbonyl (C=O) groups excluding carboxylic acids is 2. The van der Waals surface area contributed by atoms with Crippen molar-refractivity contribution >= 4 is 38.9 Å². The first-order valence-electron chi connectivity index (χ1n) is 6.30. The lowest BCUT2D eigenvalue weighted by molar-refractivity contribution is -0.124. The number of urea groups is 1. The van der Waals surface area contributed by atoms with Crippen LogP contribution in [0.15, 0.2) is 15.7 Å². The van der Waals surface area contributed by atoms with Crippen LogP contribution in [0, 0.1) is 0 Å². The Kier molecular flexibility index (Phi) is 4.91. The van der Waals surface area contributed by atoms with Crippen molar-refractivity contribution in [1.82, 2.24) is 30.0 Å². The number of rotatable bonds is 3. The van der Waals surface area contributed by atoms with Gasteiger partial charge in [-0.15, -0.1) is 0 Å². The van der Waals surface area contributed by atoms with Crippen LogP contribution in [-0.4, -0.2) is 44.0 Å². The van der Waals surface area contributed by atoms with Crippen LogP contribution in [0.3, 0.4) is 0 Å². The summed E-state index contributed by atoms with van der Waals surface area (Å²) in [6, 6.07) is -1.32. The zero-order valence-corrected chi connectivity index (χ0v) is 13.6. The molecule has 2 N–H and O–H groups in total. The van der Waals surface area contributed by atoms with E-state index in [0.717, 1.165) is 10.9 Å². The first-order valence-corrected chi connectivity index (χ1v) is 7.10. The summed E-state index contributed by atoms with van der Waals surface area (Å²) in [5.74, 6) is -0.974. The molecule has 3 amide bonds. The lowest BCUT2D eigenvalue weighted by Gasteiger charge is -2.09. The van der Waals surface area contributed by atoms with E-state index < -0.39 is 36.8 Å². The molecule has 0 atom stereocenters. The van der Waals surface area contributed by atoms with Crippen LogP contribution >= 0.6 is 15.9 Å². The van der Waals surface area contributed by atoms with Gasteiger partial charge in [0.1, 0.15) is 29.4 Å². The van der Waals surface area contributed by atoms with Gasteiger partial charge in [0.05, 0.1) is 0 Å². The predicted molar refractivity (Wildman–Crippen MR) is 78.1 cm³/mol. The Balaban J connectivity index is 2.08. The van der Waals surface area contributed by atoms with Gasteiger partial charge in [0.25, 0.3) is 5.56 Å². The number of hydrogen-bond acceptors (Lipinski definition) is 5. The van der Waals surface area contributed by atoms with E-state index in [1.165, 1.54) is 10.00 Å². The normalized spacial score (nSPS) is 11.5. The molecular weight excluding hydrogens is 401 g/mol. The Labute approximate surface area is 140 Å². The summed E-state index contributed by atoms with van der Waals surface area (Å²) in [7, 11) is 1.57. The van der Waals surface area contributed by atoms with Crippen LogP contribution in [0.5, 0.6) is 0 Å². The van der Waals surface area contributed by atoms with Gasteiger partial charge in [-0.25, -0.2) is 14.5 Å². The van der Waals surface area contributed by atoms with E-state index in [1.54, 1.807) is 12.4 Å². The zero-order chi connectivity index (χ0) is 18.1. The van der Waals surface area contributed by atoms with Crippen molar-refractivity contribution in [3.8, 4) is 0 Å². The Morgan fingerprint density at radius 3 is 2.67 bits per heavy atom. The molecule has 2 heterocycles. The van der Waals surface area contributed by atoms with Crippen molar-refractivity contribution in [3.05, 3.63) is 21.3 Å². The summed E-state index contributed by atoms with van der Waals surface area (Å²) in [5.41, 5.74) is -0.308. The van der Waals surface area contributed by atoms with E-state index in [0.29, 0.717) is 0 Å². The van der Waals surface area contributed by atoms with Gasteiger partial charge in [0, 0.05) is 7.05 Å². The monoisotopic (exact) mass is 410 g/mol. The average molecular weight is 411 g/mol. The number of imide groups is 1. The van der Waals surface area contributed by atoms with Gasteiger partial charge < -0.3 is 5.32 Å². The molecule has 130 valence electrons. The highest BCUT2D eigenvalue weighted by atomic mass is 79.9. The van der Waals surface area contributed by atoms with Gasteiger partial charge in [0.2, 0.25) is 5.91 Å². The van der Waals surface area contributed by atoms with Gasteiger partial charge in [-0.2, -0.15) is 18.3 Å². The van der Waals surface area contributed by atoms with Gasteiger partial charge >= 0.3 is 12.2 Å². The minimum absolute atomic E-state index is 0.134. The van der Waals surface area contributed by atoms with Crippen molar-refractivity contribution < 1.29 is 22.8 Å². The highest BCUT2D eigenvalue weighted by Crippen LogP contribution is 2.16. The SMILES string of the molecule is Cn1nc(Br)c2c(=O)n(CC(=O)NC(=O)NCC(F)(F)F)cnc21. The molecule has 13 heteroatoms. The van der Waals surface area contributed by atoms with Crippen LogP contribution < -0.4 is 16.2 Å². The third-order valence-electron chi connectivity index (χ3n) is 2.78. The quantitative estimate of drug-likeness (QED) is 0.754. The van der Waals surface area contributed by atoms with Crippen molar-refractivity contribution in [1.29, 1.82) is 0 Å². The smallest absolute Gasteiger partial charge is 0.329 e. The molecule has 0 unspecified atom stereocenters. The largest absolute Gasteiger partial charge is 0.405 e. The molecule has 0 aliphatic carbocycles. The van der Waals surface area contributed by atoms with Crippen LogP contribution in [0.4, 0.5) is 18.0 Å². The molecule has 0 aromatic carbocycles. The van der Waals surface area contributed by atoms with Crippen LogP contribution in [-0.2, 0) is 18.4 Å². The molecule has 2 aromatic rings. The number of nitrogens with zero attached hydrogens (tertiary/aromatic N) is 4. The molecule has 0 saturated heterocycles. The molecule has 24 heavy (non-hydrogen) atoms. The molecule has 0 spiro atoms. The van der Waals surface area contributed by atoms with E-state index in [9.17, 15) is 27.6 Å². The predicted octanol–water partition coefficient (Wildman–Crippen LogP) is 0.281. The maximum atomic E-state index is 12.3. The van der Waals surface area contributed by atoms with E-state index in [-0.39, 0.29) is 15.6 Å². The molecule has 0 aliphatic heterocycles. The molecule has 0 saturated carbocycles. The Morgan fingerprint density at radius 1 is 1.38 bits per heavy atom. The number of fused-ring (bicyclic) bond motifs is 1. The second-order valence-corrected chi connectivity index (χ2v) is 5.39. The average Bonchev–Trinajstić information content (AvgIpc) is 2.74. The topological polar surface area (TPSA) is 111 Å². The summed E-state index contributed by atoms with van der Waals surface area (Å²) in [4.78, 5) is 39.0. The van der Waals surface area contributed by atoms with E-state index in [4.69, 9.17) is 0 Å². The molecule has 2 rings (SSSR count). The van der Waals surface area contributed by atoms with E-state index in [2.05, 4.69) is 26.0 Å². The number of carbonyl (C=O) groups is 2. The van der Waals surface area contributed by atoms with E-state index >= 15 is 0 Å². The third-order valence-corrected chi connectivity index (χ3v) is 3.34. The standard InChI is InChI=1S/C11H10BrF3N6O3/c1-20-8-6(7(12)19-20)9(23)21(4-17-8)2-5(22)18-10(24)16-3-11(13,14)15/h4H,2-3H2,1H3,(H2,16,18,22,24). The molecule has 9 nitrogen and oxygen atoms in total. The maximum Gasteiger partial charge on any atom is 0.405 e. The third kappa shape index (κ3) is 4.10. The van der Waals surface area contributed by atoms with Gasteiger partial charge in [-0.05, 0) is 15.9 Å². The van der Waals surface area contributed by atoms with Crippen LogP contribution in [0.2, 0.25) is 0 Å². The second-order valence-electron chi connectivity index (χ2n) is 4.64. The Bertz CT molecular complexity index is 859. The number of hydrogen-bond donors (Lipinski definition) is 2. The molecule has 0 bridgehead atoms. The minimum atomic E-state index is -4.60. The maximum absolute atomic E-state index is 12.3. The lowest BCUT2D eigenvalue weighted by atomic mass is 10.4. The Morgan fingerprint density at radius 2 is 2.04 bits per heavy atom. The highest BCUT2D eigenvalue weighted by Gasteiger charge is 2.28. The van der Waals surface area contributed by atoms with Crippen LogP contribution in [0.25, 0.3) is 11.0 Å². The fraction of sp³-hybridized carbons (Fsp3) is 0.364. The highest BCUT2D eigenvalue weighted by molar-refractivity contribution is 9.10. The zero-order valence-electron chi connectivity index (χ0n) is 12.0. The second kappa shape index (κ2) is 6.59. The van der Waals surface area contributed by atoms with Crippen LogP contribution in [0.1, 0.15) is 0 Å². The first kappa shape index (κ1) is 17.9. The fourth-order valence-corrected chi connectivity index (χ4v) is 2.38. The number of aromatic nitrogens is 4. The van der Waals surface area contributed by atoms with Gasteiger partial charge in [-0.3, -0.25) is 19.5 Å². The van der Waals surface area contributed by atoms with E-state index in [1.807, 2.05) is 0 Å². The Hall–Kier alpha value is -2.44. The number of nitrogens with one attached hydrogen (secondary N) is 2. The fourth-order valence-electron chi connectivity index (χ4n) is 1.79. The molecule has 0 fully saturated rings. The summed E-state index contributed by atoms with van der Waals surface area (Å²) >= 11 is 3.09. The molecule has 0 radical (unpaired) electrons. The lowest BCUT2D eigenvalue weighted by Crippen LogP contribution is -2.45. The number of aryl methyl sites for hydroxylation is 1. The molecule has 2 aromatic heterocycles. The first-order chi connectivity index (χ1) is 11.1. The number of halogens is 4. The van der Waals surface area contributed by atoms with Gasteiger partial charge in [0.15, 0.2) is 5.65 Å². The minimum Gasteiger partial charge on any atom is -0.329 e. The summed E-state index contributed by atoms with van der Waals surface area (Å²) < 4.78 is 38.3. The number of amides is 3.